The lowest BCUT2D eigenvalue weighted by Crippen LogP contribution is -2.32. The molecule has 0 aromatic heterocycles. The van der Waals surface area contributed by atoms with Crippen molar-refractivity contribution in [2.45, 2.75) is 19.6 Å². The molecule has 0 aliphatic carbocycles. The summed E-state index contributed by atoms with van der Waals surface area (Å²) in [4.78, 5) is 11.1. The minimum Gasteiger partial charge on any atom is -0.434 e. The lowest BCUT2D eigenvalue weighted by molar-refractivity contribution is -0.120. The standard InChI is InChI=1S/C11H14F2N2O2.ClH/c1-7(15-10(16)6-14)8-4-2-3-5-9(8)17-11(12)13;/h2-5,7,11H,6,14H2,1H3,(H,15,16);1H. The molecule has 0 saturated heterocycles. The van der Waals surface area contributed by atoms with Crippen LogP contribution in [0.2, 0.25) is 0 Å². The van der Waals surface area contributed by atoms with Gasteiger partial charge in [-0.3, -0.25) is 4.79 Å². The fraction of sp³-hybridized carbons (Fsp3) is 0.364. The van der Waals surface area contributed by atoms with E-state index in [1.807, 2.05) is 0 Å². The van der Waals surface area contributed by atoms with Gasteiger partial charge in [-0.1, -0.05) is 18.2 Å². The van der Waals surface area contributed by atoms with Gasteiger partial charge in [-0.15, -0.1) is 12.4 Å². The zero-order valence-corrected chi connectivity index (χ0v) is 10.5. The van der Waals surface area contributed by atoms with E-state index in [2.05, 4.69) is 10.1 Å². The first kappa shape index (κ1) is 16.6. The second-order valence-electron chi connectivity index (χ2n) is 3.41. The number of ether oxygens (including phenoxy) is 1. The third-order valence-corrected chi connectivity index (χ3v) is 2.16. The van der Waals surface area contributed by atoms with Crippen LogP contribution >= 0.6 is 12.4 Å². The molecule has 1 aromatic rings. The molecule has 0 aliphatic heterocycles. The summed E-state index contributed by atoms with van der Waals surface area (Å²) in [6.07, 6.45) is 0. The van der Waals surface area contributed by atoms with Crippen molar-refractivity contribution >= 4 is 18.3 Å². The maximum atomic E-state index is 12.2. The van der Waals surface area contributed by atoms with Crippen LogP contribution in [0, 0.1) is 0 Å². The van der Waals surface area contributed by atoms with E-state index in [9.17, 15) is 13.6 Å². The number of alkyl halides is 2. The van der Waals surface area contributed by atoms with Gasteiger partial charge in [0.15, 0.2) is 0 Å². The van der Waals surface area contributed by atoms with Gasteiger partial charge in [0, 0.05) is 5.56 Å². The lowest BCUT2D eigenvalue weighted by atomic mass is 10.1. The quantitative estimate of drug-likeness (QED) is 0.865. The highest BCUT2D eigenvalue weighted by atomic mass is 35.5. The Morgan fingerprint density at radius 3 is 2.61 bits per heavy atom. The third-order valence-electron chi connectivity index (χ3n) is 2.16. The van der Waals surface area contributed by atoms with E-state index in [0.717, 1.165) is 0 Å². The number of halogens is 3. The largest absolute Gasteiger partial charge is 0.434 e. The summed E-state index contributed by atoms with van der Waals surface area (Å²) in [6.45, 7) is -1.38. The number of amides is 1. The second-order valence-corrected chi connectivity index (χ2v) is 3.41. The van der Waals surface area contributed by atoms with Crippen molar-refractivity contribution < 1.29 is 18.3 Å². The molecule has 0 bridgehead atoms. The molecule has 1 atom stereocenters. The Kier molecular flexibility index (Phi) is 7.23. The van der Waals surface area contributed by atoms with E-state index >= 15 is 0 Å². The predicted octanol–water partition coefficient (Wildman–Crippen LogP) is 1.85. The Morgan fingerprint density at radius 1 is 1.44 bits per heavy atom. The molecular weight excluding hydrogens is 266 g/mol. The van der Waals surface area contributed by atoms with Gasteiger partial charge in [0.2, 0.25) is 5.91 Å². The SMILES string of the molecule is CC(NC(=O)CN)c1ccccc1OC(F)F.Cl. The molecule has 0 heterocycles. The number of nitrogens with two attached hydrogens (primary N) is 1. The maximum absolute atomic E-state index is 12.2. The molecule has 0 radical (unpaired) electrons. The monoisotopic (exact) mass is 280 g/mol. The normalized spacial score (nSPS) is 11.6. The van der Waals surface area contributed by atoms with Gasteiger partial charge in [-0.25, -0.2) is 0 Å². The summed E-state index contributed by atoms with van der Waals surface area (Å²) in [5.74, 6) is -0.309. The molecule has 102 valence electrons. The molecule has 0 aliphatic rings. The number of benzene rings is 1. The van der Waals surface area contributed by atoms with Crippen LogP contribution in [0.25, 0.3) is 0 Å². The Labute approximate surface area is 110 Å². The zero-order chi connectivity index (χ0) is 12.8. The van der Waals surface area contributed by atoms with Gasteiger partial charge < -0.3 is 15.8 Å². The van der Waals surface area contributed by atoms with Crippen LogP contribution in [0.15, 0.2) is 24.3 Å². The fourth-order valence-corrected chi connectivity index (χ4v) is 1.42. The van der Waals surface area contributed by atoms with Crippen molar-refractivity contribution in [2.75, 3.05) is 6.54 Å². The van der Waals surface area contributed by atoms with Gasteiger partial charge in [0.05, 0.1) is 12.6 Å². The third kappa shape index (κ3) is 4.85. The first-order valence-electron chi connectivity index (χ1n) is 5.07. The number of hydrogen-bond donors (Lipinski definition) is 2. The van der Waals surface area contributed by atoms with E-state index in [0.29, 0.717) is 5.56 Å². The number of nitrogens with one attached hydrogen (secondary N) is 1. The minimum atomic E-state index is -2.89. The Morgan fingerprint density at radius 2 is 2.06 bits per heavy atom. The summed E-state index contributed by atoms with van der Waals surface area (Å²) < 4.78 is 28.7. The summed E-state index contributed by atoms with van der Waals surface area (Å²) >= 11 is 0. The molecule has 7 heteroatoms. The van der Waals surface area contributed by atoms with Crippen molar-refractivity contribution in [3.63, 3.8) is 0 Å². The summed E-state index contributed by atoms with van der Waals surface area (Å²) in [5, 5.41) is 2.57. The van der Waals surface area contributed by atoms with Crippen LogP contribution in [0.1, 0.15) is 18.5 Å². The number of carbonyl (C=O) groups excluding carboxylic acids is 1. The summed E-state index contributed by atoms with van der Waals surface area (Å²) in [5.41, 5.74) is 5.64. The maximum Gasteiger partial charge on any atom is 0.387 e. The first-order valence-corrected chi connectivity index (χ1v) is 5.07. The first-order chi connectivity index (χ1) is 8.04. The molecule has 18 heavy (non-hydrogen) atoms. The lowest BCUT2D eigenvalue weighted by Gasteiger charge is -2.17. The highest BCUT2D eigenvalue weighted by molar-refractivity contribution is 5.85. The Hall–Kier alpha value is -1.40. The van der Waals surface area contributed by atoms with Crippen LogP contribution in [-0.4, -0.2) is 19.1 Å². The molecule has 0 saturated carbocycles. The van der Waals surface area contributed by atoms with Gasteiger partial charge in [0.1, 0.15) is 5.75 Å². The smallest absolute Gasteiger partial charge is 0.387 e. The van der Waals surface area contributed by atoms with Crippen molar-refractivity contribution in [3.05, 3.63) is 29.8 Å². The molecule has 0 spiro atoms. The minimum absolute atomic E-state index is 0. The molecule has 1 amide bonds. The zero-order valence-electron chi connectivity index (χ0n) is 9.73. The topological polar surface area (TPSA) is 64.4 Å². The summed E-state index contributed by atoms with van der Waals surface area (Å²) in [6, 6.07) is 5.85. The Bertz CT molecular complexity index is 391. The number of rotatable bonds is 5. The number of hydrogen-bond acceptors (Lipinski definition) is 3. The van der Waals surface area contributed by atoms with Crippen molar-refractivity contribution in [1.82, 2.24) is 5.32 Å². The number of para-hydroxylation sites is 1. The van der Waals surface area contributed by atoms with E-state index in [4.69, 9.17) is 5.73 Å². The molecule has 1 aromatic carbocycles. The fourth-order valence-electron chi connectivity index (χ4n) is 1.42. The van der Waals surface area contributed by atoms with E-state index in [1.54, 1.807) is 25.1 Å². The molecular formula is C11H15ClF2N2O2. The van der Waals surface area contributed by atoms with Crippen molar-refractivity contribution in [2.24, 2.45) is 5.73 Å². The van der Waals surface area contributed by atoms with E-state index < -0.39 is 12.7 Å². The van der Waals surface area contributed by atoms with Crippen LogP contribution in [0.5, 0.6) is 5.75 Å². The van der Waals surface area contributed by atoms with Gasteiger partial charge in [-0.05, 0) is 13.0 Å². The molecule has 3 N–H and O–H groups in total. The van der Waals surface area contributed by atoms with Crippen molar-refractivity contribution in [1.29, 1.82) is 0 Å². The van der Waals surface area contributed by atoms with Crippen molar-refractivity contribution in [3.8, 4) is 5.75 Å². The van der Waals surface area contributed by atoms with Crippen LogP contribution in [-0.2, 0) is 4.79 Å². The molecule has 4 nitrogen and oxygen atoms in total. The van der Waals surface area contributed by atoms with Crippen LogP contribution in [0.3, 0.4) is 0 Å². The average molecular weight is 281 g/mol. The summed E-state index contributed by atoms with van der Waals surface area (Å²) in [7, 11) is 0. The number of carbonyl (C=O) groups is 1. The second kappa shape index (κ2) is 7.84. The molecule has 1 rings (SSSR count). The Balaban J connectivity index is 0.00000289. The highest BCUT2D eigenvalue weighted by Crippen LogP contribution is 2.26. The van der Waals surface area contributed by atoms with Gasteiger partial charge >= 0.3 is 6.61 Å². The van der Waals surface area contributed by atoms with Gasteiger partial charge in [0.25, 0.3) is 0 Å². The van der Waals surface area contributed by atoms with Crippen LogP contribution in [0.4, 0.5) is 8.78 Å². The van der Waals surface area contributed by atoms with E-state index in [-0.39, 0.29) is 30.6 Å². The highest BCUT2D eigenvalue weighted by Gasteiger charge is 2.15. The average Bonchev–Trinajstić information content (AvgIpc) is 2.28. The molecule has 0 fully saturated rings. The molecule has 1 unspecified atom stereocenters. The van der Waals surface area contributed by atoms with E-state index in [1.165, 1.54) is 6.07 Å². The van der Waals surface area contributed by atoms with Crippen LogP contribution < -0.4 is 15.8 Å². The predicted molar refractivity (Wildman–Crippen MR) is 65.9 cm³/mol. The van der Waals surface area contributed by atoms with Gasteiger partial charge in [-0.2, -0.15) is 8.78 Å².